The molecule has 0 N–H and O–H groups in total. The highest BCUT2D eigenvalue weighted by molar-refractivity contribution is 7.91. The quantitative estimate of drug-likeness (QED) is 0.841. The van der Waals surface area contributed by atoms with Gasteiger partial charge in [-0.1, -0.05) is 19.1 Å². The van der Waals surface area contributed by atoms with Crippen LogP contribution in [0.1, 0.15) is 37.4 Å². The minimum atomic E-state index is -3.22. The van der Waals surface area contributed by atoms with Crippen LogP contribution in [0.25, 0.3) is 10.9 Å². The molecular formula is C20H27NO3S. The summed E-state index contributed by atoms with van der Waals surface area (Å²) in [7, 11) is -1.19. The molecule has 25 heavy (non-hydrogen) atoms. The van der Waals surface area contributed by atoms with Crippen LogP contribution in [0, 0.1) is 11.8 Å². The predicted molar refractivity (Wildman–Crippen MR) is 99.7 cm³/mol. The molecular weight excluding hydrogens is 334 g/mol. The molecule has 1 aromatic carbocycles. The van der Waals surface area contributed by atoms with Crippen LogP contribution in [0.4, 0.5) is 0 Å². The lowest BCUT2D eigenvalue weighted by Crippen LogP contribution is -2.28. The van der Waals surface area contributed by atoms with Crippen molar-refractivity contribution in [2.45, 2.75) is 43.9 Å². The summed E-state index contributed by atoms with van der Waals surface area (Å²) in [5.74, 6) is 1.60. The van der Waals surface area contributed by atoms with E-state index >= 15 is 0 Å². The van der Waals surface area contributed by atoms with E-state index in [-0.39, 0.29) is 5.75 Å². The summed E-state index contributed by atoms with van der Waals surface area (Å²) < 4.78 is 32.8. The lowest BCUT2D eigenvalue weighted by atomic mass is 9.75. The monoisotopic (exact) mass is 361 g/mol. The van der Waals surface area contributed by atoms with Crippen LogP contribution >= 0.6 is 0 Å². The summed E-state index contributed by atoms with van der Waals surface area (Å²) in [5.41, 5.74) is 3.62. The van der Waals surface area contributed by atoms with Gasteiger partial charge < -0.3 is 9.30 Å². The molecule has 2 aromatic rings. The van der Waals surface area contributed by atoms with Crippen molar-refractivity contribution in [1.82, 2.24) is 4.57 Å². The van der Waals surface area contributed by atoms with Gasteiger partial charge in [-0.2, -0.15) is 0 Å². The third-order valence-corrected chi connectivity index (χ3v) is 8.04. The van der Waals surface area contributed by atoms with E-state index in [1.807, 2.05) is 13.1 Å². The maximum absolute atomic E-state index is 12.6. The molecule has 136 valence electrons. The number of aryl methyl sites for hydroxylation is 1. The lowest BCUT2D eigenvalue weighted by molar-refractivity contribution is 0.0439. The first-order valence-corrected chi connectivity index (χ1v) is 11.1. The first kappa shape index (κ1) is 17.1. The number of fused-ring (bicyclic) bond motifs is 3. The standard InChI is InChI=1S/C20H27NO3S/c1-3-25(22,23)19-6-4-5-16-17-13-15(14-9-11-24-12-10-14)7-8-18(17)21(2)20(16)19/h4-6,14-15H,3,7-13H2,1-2H3. The topological polar surface area (TPSA) is 48.3 Å². The fourth-order valence-electron chi connectivity index (χ4n) is 4.83. The van der Waals surface area contributed by atoms with Gasteiger partial charge in [0.15, 0.2) is 9.84 Å². The highest BCUT2D eigenvalue weighted by atomic mass is 32.2. The molecule has 1 aromatic heterocycles. The maximum atomic E-state index is 12.6. The minimum absolute atomic E-state index is 0.145. The number of para-hydroxylation sites is 1. The molecule has 0 radical (unpaired) electrons. The average Bonchev–Trinajstić information content (AvgIpc) is 2.94. The molecule has 5 heteroatoms. The number of sulfone groups is 1. The molecule has 1 atom stereocenters. The molecule has 1 aliphatic carbocycles. The van der Waals surface area contributed by atoms with E-state index in [2.05, 4.69) is 10.6 Å². The summed E-state index contributed by atoms with van der Waals surface area (Å²) in [6.07, 6.45) is 5.67. The van der Waals surface area contributed by atoms with Gasteiger partial charge in [-0.3, -0.25) is 0 Å². The zero-order valence-electron chi connectivity index (χ0n) is 15.1. The van der Waals surface area contributed by atoms with Crippen LogP contribution in [0.2, 0.25) is 0 Å². The number of ether oxygens (including phenoxy) is 1. The van der Waals surface area contributed by atoms with Crippen LogP contribution < -0.4 is 0 Å². The van der Waals surface area contributed by atoms with Crippen LogP contribution in [0.15, 0.2) is 23.1 Å². The zero-order valence-corrected chi connectivity index (χ0v) is 15.9. The van der Waals surface area contributed by atoms with E-state index in [1.165, 1.54) is 30.5 Å². The predicted octanol–water partition coefficient (Wildman–Crippen LogP) is 3.50. The molecule has 1 aliphatic heterocycles. The van der Waals surface area contributed by atoms with Gasteiger partial charge in [0, 0.05) is 31.3 Å². The van der Waals surface area contributed by atoms with E-state index in [9.17, 15) is 8.42 Å². The van der Waals surface area contributed by atoms with E-state index in [0.717, 1.165) is 42.9 Å². The maximum Gasteiger partial charge on any atom is 0.180 e. The molecule has 0 saturated carbocycles. The van der Waals surface area contributed by atoms with Gasteiger partial charge in [0.25, 0.3) is 0 Å². The van der Waals surface area contributed by atoms with Gasteiger partial charge in [0.2, 0.25) is 0 Å². The number of aromatic nitrogens is 1. The van der Waals surface area contributed by atoms with Gasteiger partial charge in [-0.25, -0.2) is 8.42 Å². The third kappa shape index (κ3) is 2.81. The second kappa shape index (κ2) is 6.44. The van der Waals surface area contributed by atoms with E-state index in [4.69, 9.17) is 4.74 Å². The number of hydrogen-bond donors (Lipinski definition) is 0. The summed E-state index contributed by atoms with van der Waals surface area (Å²) in [6.45, 7) is 3.50. The Kier molecular flexibility index (Phi) is 4.40. The molecule has 2 aliphatic rings. The Labute approximate surface area is 150 Å². The summed E-state index contributed by atoms with van der Waals surface area (Å²) in [4.78, 5) is 0.493. The summed E-state index contributed by atoms with van der Waals surface area (Å²) in [6, 6.07) is 5.78. The van der Waals surface area contributed by atoms with Gasteiger partial charge in [-0.15, -0.1) is 0 Å². The Bertz CT molecular complexity index is 891. The van der Waals surface area contributed by atoms with E-state index in [0.29, 0.717) is 10.8 Å². The number of hydrogen-bond acceptors (Lipinski definition) is 3. The Morgan fingerprint density at radius 2 is 1.92 bits per heavy atom. The second-order valence-corrected chi connectivity index (χ2v) is 9.74. The number of nitrogens with zero attached hydrogens (tertiary/aromatic N) is 1. The van der Waals surface area contributed by atoms with E-state index in [1.54, 1.807) is 13.0 Å². The van der Waals surface area contributed by atoms with E-state index < -0.39 is 9.84 Å². The Morgan fingerprint density at radius 3 is 2.64 bits per heavy atom. The van der Waals surface area contributed by atoms with Crippen molar-refractivity contribution in [2.24, 2.45) is 18.9 Å². The molecule has 1 saturated heterocycles. The first-order chi connectivity index (χ1) is 12.0. The lowest BCUT2D eigenvalue weighted by Gasteiger charge is -2.33. The van der Waals surface area contributed by atoms with Crippen molar-refractivity contribution in [3.8, 4) is 0 Å². The molecule has 4 rings (SSSR count). The normalized spacial score (nSPS) is 22.2. The highest BCUT2D eigenvalue weighted by Gasteiger charge is 2.31. The van der Waals surface area contributed by atoms with Crippen molar-refractivity contribution in [3.63, 3.8) is 0 Å². The molecule has 0 spiro atoms. The number of benzene rings is 1. The van der Waals surface area contributed by atoms with Gasteiger partial charge in [-0.05, 0) is 55.6 Å². The first-order valence-electron chi connectivity index (χ1n) is 9.42. The fraction of sp³-hybridized carbons (Fsp3) is 0.600. The Hall–Kier alpha value is -1.33. The average molecular weight is 362 g/mol. The molecule has 0 bridgehead atoms. The van der Waals surface area contributed by atoms with Gasteiger partial charge in [0.05, 0.1) is 16.2 Å². The summed E-state index contributed by atoms with van der Waals surface area (Å²) >= 11 is 0. The van der Waals surface area contributed by atoms with Crippen LogP contribution in [-0.4, -0.2) is 32.0 Å². The van der Waals surface area contributed by atoms with Crippen LogP contribution in [0.5, 0.6) is 0 Å². The van der Waals surface area contributed by atoms with Crippen molar-refractivity contribution < 1.29 is 13.2 Å². The number of rotatable bonds is 3. The Balaban J connectivity index is 1.80. The van der Waals surface area contributed by atoms with Gasteiger partial charge >= 0.3 is 0 Å². The second-order valence-electron chi connectivity index (χ2n) is 7.49. The van der Waals surface area contributed by atoms with Gasteiger partial charge in [0.1, 0.15) is 0 Å². The van der Waals surface area contributed by atoms with Crippen LogP contribution in [-0.2, 0) is 34.5 Å². The Morgan fingerprint density at radius 1 is 1.16 bits per heavy atom. The smallest absolute Gasteiger partial charge is 0.180 e. The van der Waals surface area contributed by atoms with Crippen molar-refractivity contribution in [1.29, 1.82) is 0 Å². The fourth-order valence-corrected chi connectivity index (χ4v) is 5.97. The molecule has 1 unspecified atom stereocenters. The SMILES string of the molecule is CCS(=O)(=O)c1cccc2c3c(n(C)c12)CCC(C1CCOCC1)C3. The molecule has 0 amide bonds. The molecule has 2 heterocycles. The molecule has 4 nitrogen and oxygen atoms in total. The van der Waals surface area contributed by atoms with Crippen LogP contribution in [0.3, 0.4) is 0 Å². The van der Waals surface area contributed by atoms with Crippen molar-refractivity contribution >= 4 is 20.7 Å². The minimum Gasteiger partial charge on any atom is -0.381 e. The third-order valence-electron chi connectivity index (χ3n) is 6.28. The largest absolute Gasteiger partial charge is 0.381 e. The zero-order chi connectivity index (χ0) is 17.6. The summed E-state index contributed by atoms with van der Waals surface area (Å²) in [5, 5.41) is 1.14. The van der Waals surface area contributed by atoms with Crippen molar-refractivity contribution in [2.75, 3.05) is 19.0 Å². The highest BCUT2D eigenvalue weighted by Crippen LogP contribution is 2.40. The van der Waals surface area contributed by atoms with Crippen molar-refractivity contribution in [3.05, 3.63) is 29.5 Å². The molecule has 1 fully saturated rings.